The van der Waals surface area contributed by atoms with E-state index < -0.39 is 11.6 Å². The molecule has 2 aliphatic rings. The molecule has 0 aromatic carbocycles. The quantitative estimate of drug-likeness (QED) is 0.308. The SMILES string of the molecule is [N-]=[N+]=NC[C@@]1(C2CCC2)NC(=O)NC1=O. The molecule has 7 heteroatoms. The van der Waals surface area contributed by atoms with Gasteiger partial charge in [-0.2, -0.15) is 0 Å². The lowest BCUT2D eigenvalue weighted by atomic mass is 9.70. The van der Waals surface area contributed by atoms with Crippen LogP contribution < -0.4 is 10.6 Å². The molecule has 2 fully saturated rings. The van der Waals surface area contributed by atoms with Crippen molar-refractivity contribution in [1.29, 1.82) is 0 Å². The molecular formula is C8H11N5O2. The molecule has 0 radical (unpaired) electrons. The van der Waals surface area contributed by atoms with Crippen molar-refractivity contribution in [2.24, 2.45) is 11.0 Å². The van der Waals surface area contributed by atoms with Gasteiger partial charge in [0, 0.05) is 4.91 Å². The fourth-order valence-corrected chi connectivity index (χ4v) is 2.08. The van der Waals surface area contributed by atoms with Crippen molar-refractivity contribution in [3.05, 3.63) is 10.4 Å². The van der Waals surface area contributed by atoms with E-state index in [2.05, 4.69) is 20.7 Å². The van der Waals surface area contributed by atoms with Crippen molar-refractivity contribution >= 4 is 11.9 Å². The van der Waals surface area contributed by atoms with Crippen molar-refractivity contribution < 1.29 is 9.59 Å². The van der Waals surface area contributed by atoms with Crippen LogP contribution in [0.3, 0.4) is 0 Å². The molecule has 7 nitrogen and oxygen atoms in total. The summed E-state index contributed by atoms with van der Waals surface area (Å²) in [5.74, 6) is -0.279. The highest BCUT2D eigenvalue weighted by Crippen LogP contribution is 2.38. The number of carbonyl (C=O) groups excluding carboxylic acids is 2. The molecule has 0 bridgehead atoms. The Balaban J connectivity index is 2.25. The third-order valence-electron chi connectivity index (χ3n) is 3.15. The van der Waals surface area contributed by atoms with Crippen LogP contribution >= 0.6 is 0 Å². The van der Waals surface area contributed by atoms with Gasteiger partial charge in [-0.05, 0) is 24.3 Å². The maximum Gasteiger partial charge on any atom is 0.322 e. The molecule has 0 unspecified atom stereocenters. The predicted molar refractivity (Wildman–Crippen MR) is 50.8 cm³/mol. The van der Waals surface area contributed by atoms with Crippen LogP contribution in [-0.2, 0) is 4.79 Å². The van der Waals surface area contributed by atoms with E-state index >= 15 is 0 Å². The Hall–Kier alpha value is -1.75. The standard InChI is InChI=1S/C8H11N5O2/c9-13-10-4-8(5-2-1-3-5)6(14)11-7(15)12-8/h5H,1-4H2,(H2,11,12,14,15)/t8-/m0/s1. The van der Waals surface area contributed by atoms with Crippen molar-refractivity contribution in [2.75, 3.05) is 6.54 Å². The lowest BCUT2D eigenvalue weighted by Crippen LogP contribution is -2.57. The average molecular weight is 209 g/mol. The Labute approximate surface area is 85.8 Å². The molecular weight excluding hydrogens is 198 g/mol. The first-order valence-corrected chi connectivity index (χ1v) is 4.83. The summed E-state index contributed by atoms with van der Waals surface area (Å²) in [5.41, 5.74) is 7.28. The van der Waals surface area contributed by atoms with Crippen LogP contribution in [0.2, 0.25) is 0 Å². The highest BCUT2D eigenvalue weighted by atomic mass is 16.2. The molecule has 1 aliphatic heterocycles. The van der Waals surface area contributed by atoms with Crippen LogP contribution in [0.5, 0.6) is 0 Å². The lowest BCUT2D eigenvalue weighted by Gasteiger charge is -2.39. The van der Waals surface area contributed by atoms with Crippen LogP contribution in [0.4, 0.5) is 4.79 Å². The largest absolute Gasteiger partial charge is 0.323 e. The van der Waals surface area contributed by atoms with E-state index in [1.165, 1.54) is 0 Å². The second-order valence-electron chi connectivity index (χ2n) is 3.90. The van der Waals surface area contributed by atoms with Crippen LogP contribution in [0.25, 0.3) is 10.4 Å². The number of amides is 3. The van der Waals surface area contributed by atoms with Gasteiger partial charge in [0.2, 0.25) is 0 Å². The van der Waals surface area contributed by atoms with Crippen molar-refractivity contribution in [2.45, 2.75) is 24.8 Å². The maximum absolute atomic E-state index is 11.7. The van der Waals surface area contributed by atoms with E-state index in [-0.39, 0.29) is 18.4 Å². The first kappa shape index (κ1) is 9.79. The Morgan fingerprint density at radius 2 is 2.27 bits per heavy atom. The second kappa shape index (κ2) is 3.43. The topological polar surface area (TPSA) is 107 Å². The molecule has 1 saturated heterocycles. The van der Waals surface area contributed by atoms with E-state index in [0.29, 0.717) is 0 Å². The molecule has 15 heavy (non-hydrogen) atoms. The Morgan fingerprint density at radius 1 is 1.53 bits per heavy atom. The van der Waals surface area contributed by atoms with Crippen LogP contribution in [0, 0.1) is 5.92 Å². The molecule has 2 rings (SSSR count). The molecule has 1 saturated carbocycles. The number of nitrogens with zero attached hydrogens (tertiary/aromatic N) is 3. The normalized spacial score (nSPS) is 30.1. The molecule has 80 valence electrons. The van der Waals surface area contributed by atoms with Crippen molar-refractivity contribution in [3.63, 3.8) is 0 Å². The van der Waals surface area contributed by atoms with Gasteiger partial charge < -0.3 is 5.32 Å². The van der Waals surface area contributed by atoms with Crippen molar-refractivity contribution in [3.8, 4) is 0 Å². The molecule has 3 amide bonds. The van der Waals surface area contributed by atoms with Gasteiger partial charge in [0.15, 0.2) is 0 Å². The third-order valence-corrected chi connectivity index (χ3v) is 3.15. The summed E-state index contributed by atoms with van der Waals surface area (Å²) in [4.78, 5) is 25.4. The maximum atomic E-state index is 11.7. The van der Waals surface area contributed by atoms with E-state index in [4.69, 9.17) is 5.53 Å². The van der Waals surface area contributed by atoms with Crippen LogP contribution in [0.15, 0.2) is 5.11 Å². The zero-order chi connectivity index (χ0) is 10.9. The summed E-state index contributed by atoms with van der Waals surface area (Å²) in [6.45, 7) is -0.00819. The summed E-state index contributed by atoms with van der Waals surface area (Å²) in [6.07, 6.45) is 2.81. The first-order chi connectivity index (χ1) is 7.19. The van der Waals surface area contributed by atoms with Gasteiger partial charge in [-0.25, -0.2) is 4.79 Å². The third kappa shape index (κ3) is 1.41. The fourth-order valence-electron chi connectivity index (χ4n) is 2.08. The number of rotatable bonds is 3. The zero-order valence-electron chi connectivity index (χ0n) is 8.06. The minimum Gasteiger partial charge on any atom is -0.323 e. The highest BCUT2D eigenvalue weighted by Gasteiger charge is 2.52. The Kier molecular flexibility index (Phi) is 2.24. The highest BCUT2D eigenvalue weighted by molar-refractivity contribution is 6.07. The Bertz CT molecular complexity index is 358. The van der Waals surface area contributed by atoms with Gasteiger partial charge in [0.05, 0.1) is 6.54 Å². The van der Waals surface area contributed by atoms with E-state index in [0.717, 1.165) is 19.3 Å². The number of hydrogen-bond donors (Lipinski definition) is 2. The number of hydrogen-bond acceptors (Lipinski definition) is 3. The van der Waals surface area contributed by atoms with Gasteiger partial charge in [0.25, 0.3) is 5.91 Å². The van der Waals surface area contributed by atoms with Crippen LogP contribution in [-0.4, -0.2) is 24.0 Å². The average Bonchev–Trinajstić information content (AvgIpc) is 2.36. The molecule has 1 heterocycles. The number of nitrogens with one attached hydrogen (secondary N) is 2. The number of carbonyl (C=O) groups is 2. The smallest absolute Gasteiger partial charge is 0.322 e. The molecule has 1 aliphatic carbocycles. The van der Waals surface area contributed by atoms with Gasteiger partial charge >= 0.3 is 6.03 Å². The summed E-state index contributed by atoms with van der Waals surface area (Å²) < 4.78 is 0. The molecule has 0 spiro atoms. The summed E-state index contributed by atoms with van der Waals surface area (Å²) in [6, 6.07) is -0.500. The molecule has 0 aromatic heterocycles. The van der Waals surface area contributed by atoms with E-state index in [1.54, 1.807) is 0 Å². The van der Waals surface area contributed by atoms with Gasteiger partial charge in [-0.3, -0.25) is 10.1 Å². The summed E-state index contributed by atoms with van der Waals surface area (Å²) in [5, 5.41) is 8.20. The minimum atomic E-state index is -0.998. The first-order valence-electron chi connectivity index (χ1n) is 4.83. The lowest BCUT2D eigenvalue weighted by molar-refractivity contribution is -0.126. The predicted octanol–water partition coefficient (Wildman–Crippen LogP) is 0.675. The molecule has 0 aromatic rings. The Morgan fingerprint density at radius 3 is 2.67 bits per heavy atom. The second-order valence-corrected chi connectivity index (χ2v) is 3.90. The molecule has 1 atom stereocenters. The zero-order valence-corrected chi connectivity index (χ0v) is 8.06. The van der Waals surface area contributed by atoms with E-state index in [1.807, 2.05) is 0 Å². The van der Waals surface area contributed by atoms with Crippen LogP contribution in [0.1, 0.15) is 19.3 Å². The fraction of sp³-hybridized carbons (Fsp3) is 0.750. The number of azide groups is 1. The number of imide groups is 1. The molecule has 2 N–H and O–H groups in total. The minimum absolute atomic E-state index is 0.00819. The van der Waals surface area contributed by atoms with Crippen molar-refractivity contribution in [1.82, 2.24) is 10.6 Å². The van der Waals surface area contributed by atoms with Gasteiger partial charge in [0.1, 0.15) is 5.54 Å². The van der Waals surface area contributed by atoms with Gasteiger partial charge in [-0.1, -0.05) is 11.5 Å². The van der Waals surface area contributed by atoms with Gasteiger partial charge in [-0.15, -0.1) is 0 Å². The monoisotopic (exact) mass is 209 g/mol. The number of urea groups is 1. The summed E-state index contributed by atoms with van der Waals surface area (Å²) in [7, 11) is 0. The summed E-state index contributed by atoms with van der Waals surface area (Å²) >= 11 is 0. The van der Waals surface area contributed by atoms with E-state index in [9.17, 15) is 9.59 Å².